The third-order valence-corrected chi connectivity index (χ3v) is 5.39. The highest BCUT2D eigenvalue weighted by atomic mass is 32.2. The Bertz CT molecular complexity index is 963. The van der Waals surface area contributed by atoms with Crippen molar-refractivity contribution in [1.29, 1.82) is 0 Å². The summed E-state index contributed by atoms with van der Waals surface area (Å²) in [6.07, 6.45) is 1.03. The molecule has 2 aromatic rings. The minimum atomic E-state index is -3.72. The van der Waals surface area contributed by atoms with Crippen LogP contribution in [0.4, 0.5) is 10.1 Å². The monoisotopic (exact) mass is 408 g/mol. The van der Waals surface area contributed by atoms with Gasteiger partial charge in [-0.05, 0) is 36.8 Å². The van der Waals surface area contributed by atoms with Crippen LogP contribution in [-0.2, 0) is 14.8 Å². The van der Waals surface area contributed by atoms with Crippen molar-refractivity contribution in [3.05, 3.63) is 53.8 Å². The van der Waals surface area contributed by atoms with Crippen molar-refractivity contribution < 1.29 is 27.1 Å². The predicted molar refractivity (Wildman–Crippen MR) is 103 cm³/mol. The van der Waals surface area contributed by atoms with Crippen LogP contribution in [0.15, 0.2) is 42.5 Å². The second-order valence-electron chi connectivity index (χ2n) is 6.44. The van der Waals surface area contributed by atoms with Crippen LogP contribution < -0.4 is 19.1 Å². The fourth-order valence-corrected chi connectivity index (χ4v) is 3.69. The minimum Gasteiger partial charge on any atom is -0.486 e. The summed E-state index contributed by atoms with van der Waals surface area (Å²) in [6, 6.07) is 10.0. The van der Waals surface area contributed by atoms with Crippen molar-refractivity contribution >= 4 is 21.6 Å². The van der Waals surface area contributed by atoms with Gasteiger partial charge in [-0.2, -0.15) is 0 Å². The molecule has 1 atom stereocenters. The highest BCUT2D eigenvalue weighted by Gasteiger charge is 2.24. The fraction of sp³-hybridized carbons (Fsp3) is 0.316. The summed E-state index contributed by atoms with van der Waals surface area (Å²) in [6.45, 7) is 2.13. The van der Waals surface area contributed by atoms with Gasteiger partial charge in [0, 0.05) is 6.07 Å². The first-order chi connectivity index (χ1) is 13.2. The van der Waals surface area contributed by atoms with Crippen molar-refractivity contribution in [2.24, 2.45) is 0 Å². The van der Waals surface area contributed by atoms with Crippen molar-refractivity contribution in [2.45, 2.75) is 13.0 Å². The van der Waals surface area contributed by atoms with E-state index in [1.807, 2.05) is 0 Å². The maximum absolute atomic E-state index is 13.0. The molecule has 0 fully saturated rings. The highest BCUT2D eigenvalue weighted by Crippen LogP contribution is 2.34. The van der Waals surface area contributed by atoms with Gasteiger partial charge in [0.05, 0.1) is 18.0 Å². The molecule has 0 aromatic heterocycles. The molecule has 9 heteroatoms. The van der Waals surface area contributed by atoms with Gasteiger partial charge < -0.3 is 14.8 Å². The van der Waals surface area contributed by atoms with Crippen LogP contribution in [0.3, 0.4) is 0 Å². The number of ether oxygens (including phenoxy) is 2. The molecule has 0 bridgehead atoms. The van der Waals surface area contributed by atoms with E-state index in [0.717, 1.165) is 10.6 Å². The molecule has 1 aliphatic rings. The zero-order chi connectivity index (χ0) is 20.3. The fourth-order valence-electron chi connectivity index (χ4n) is 2.84. The van der Waals surface area contributed by atoms with Crippen molar-refractivity contribution in [2.75, 3.05) is 30.3 Å². The molecule has 1 amide bonds. The number of benzene rings is 2. The third-order valence-electron chi connectivity index (χ3n) is 4.25. The largest absolute Gasteiger partial charge is 0.486 e. The van der Waals surface area contributed by atoms with Crippen molar-refractivity contribution in [3.8, 4) is 11.5 Å². The van der Waals surface area contributed by atoms with Crippen molar-refractivity contribution in [3.63, 3.8) is 0 Å². The van der Waals surface area contributed by atoms with E-state index in [1.165, 1.54) is 18.2 Å². The summed E-state index contributed by atoms with van der Waals surface area (Å²) in [5.74, 6) is 0.0941. The first kappa shape index (κ1) is 19.9. The first-order valence-corrected chi connectivity index (χ1v) is 10.5. The molecule has 1 N–H and O–H groups in total. The summed E-state index contributed by atoms with van der Waals surface area (Å²) in [5, 5.41) is 2.73. The summed E-state index contributed by atoms with van der Waals surface area (Å²) < 4.78 is 49.5. The Morgan fingerprint density at radius 1 is 1.14 bits per heavy atom. The number of fused-ring (bicyclic) bond motifs is 1. The molecule has 0 unspecified atom stereocenters. The molecule has 150 valence electrons. The SMILES string of the molecule is C[C@@H](NC(=O)CN(c1ccc2c(c1)OCCO2)S(C)(=O)=O)c1ccc(F)cc1. The predicted octanol–water partition coefficient (Wildman–Crippen LogP) is 2.24. The minimum absolute atomic E-state index is 0.302. The van der Waals surface area contributed by atoms with Gasteiger partial charge in [0.25, 0.3) is 0 Å². The first-order valence-electron chi connectivity index (χ1n) is 8.66. The molecule has 2 aromatic carbocycles. The van der Waals surface area contributed by atoms with E-state index in [0.29, 0.717) is 36.0 Å². The van der Waals surface area contributed by atoms with Crippen LogP contribution in [0.2, 0.25) is 0 Å². The molecular formula is C19H21FN2O5S. The lowest BCUT2D eigenvalue weighted by molar-refractivity contribution is -0.120. The van der Waals surface area contributed by atoms with Crippen LogP contribution >= 0.6 is 0 Å². The Labute approximate surface area is 163 Å². The average molecular weight is 408 g/mol. The Morgan fingerprint density at radius 3 is 2.43 bits per heavy atom. The number of amides is 1. The molecule has 0 radical (unpaired) electrons. The molecule has 1 aliphatic heterocycles. The van der Waals surface area contributed by atoms with Crippen molar-refractivity contribution in [1.82, 2.24) is 5.32 Å². The summed E-state index contributed by atoms with van der Waals surface area (Å²) >= 11 is 0. The summed E-state index contributed by atoms with van der Waals surface area (Å²) in [4.78, 5) is 12.5. The zero-order valence-corrected chi connectivity index (χ0v) is 16.3. The van der Waals surface area contributed by atoms with E-state index in [-0.39, 0.29) is 5.82 Å². The number of nitrogens with zero attached hydrogens (tertiary/aromatic N) is 1. The van der Waals surface area contributed by atoms with Crippen LogP contribution in [0.5, 0.6) is 11.5 Å². The molecular weight excluding hydrogens is 387 g/mol. The Kier molecular flexibility index (Phi) is 5.73. The van der Waals surface area contributed by atoms with E-state index < -0.39 is 28.5 Å². The Morgan fingerprint density at radius 2 is 1.79 bits per heavy atom. The number of carbonyl (C=O) groups excluding carboxylic acids is 1. The van der Waals surface area contributed by atoms with Gasteiger partial charge in [0.1, 0.15) is 25.6 Å². The summed E-state index contributed by atoms with van der Waals surface area (Å²) in [7, 11) is -3.72. The maximum Gasteiger partial charge on any atom is 0.241 e. The average Bonchev–Trinajstić information content (AvgIpc) is 2.65. The van der Waals surface area contributed by atoms with Gasteiger partial charge in [0.2, 0.25) is 15.9 Å². The molecule has 0 saturated heterocycles. The lowest BCUT2D eigenvalue weighted by atomic mass is 10.1. The summed E-state index contributed by atoms with van der Waals surface area (Å²) in [5.41, 5.74) is 1.01. The third kappa shape index (κ3) is 4.72. The topological polar surface area (TPSA) is 84.9 Å². The van der Waals surface area contributed by atoms with E-state index in [1.54, 1.807) is 31.2 Å². The highest BCUT2D eigenvalue weighted by molar-refractivity contribution is 7.92. The van der Waals surface area contributed by atoms with Crippen LogP contribution in [0, 0.1) is 5.82 Å². The van der Waals surface area contributed by atoms with Gasteiger partial charge in [-0.3, -0.25) is 9.10 Å². The number of rotatable bonds is 6. The normalized spacial score (nSPS) is 14.2. The molecule has 0 aliphatic carbocycles. The second-order valence-corrected chi connectivity index (χ2v) is 8.35. The maximum atomic E-state index is 13.0. The Hall–Kier alpha value is -2.81. The lowest BCUT2D eigenvalue weighted by Crippen LogP contribution is -2.41. The number of hydrogen-bond donors (Lipinski definition) is 1. The number of hydrogen-bond acceptors (Lipinski definition) is 5. The van der Waals surface area contributed by atoms with Crippen LogP contribution in [0.25, 0.3) is 0 Å². The molecule has 7 nitrogen and oxygen atoms in total. The smallest absolute Gasteiger partial charge is 0.241 e. The number of nitrogens with one attached hydrogen (secondary N) is 1. The molecule has 0 saturated carbocycles. The van der Waals surface area contributed by atoms with Crippen LogP contribution in [0.1, 0.15) is 18.5 Å². The van der Waals surface area contributed by atoms with Gasteiger partial charge in [0.15, 0.2) is 11.5 Å². The number of sulfonamides is 1. The van der Waals surface area contributed by atoms with E-state index in [2.05, 4.69) is 5.32 Å². The zero-order valence-electron chi connectivity index (χ0n) is 15.5. The number of halogens is 1. The lowest BCUT2D eigenvalue weighted by Gasteiger charge is -2.25. The Balaban J connectivity index is 1.76. The van der Waals surface area contributed by atoms with E-state index >= 15 is 0 Å². The number of anilines is 1. The van der Waals surface area contributed by atoms with Gasteiger partial charge in [-0.25, -0.2) is 12.8 Å². The quantitative estimate of drug-likeness (QED) is 0.793. The molecule has 1 heterocycles. The van der Waals surface area contributed by atoms with E-state index in [9.17, 15) is 17.6 Å². The molecule has 0 spiro atoms. The molecule has 28 heavy (non-hydrogen) atoms. The van der Waals surface area contributed by atoms with Gasteiger partial charge >= 0.3 is 0 Å². The van der Waals surface area contributed by atoms with Crippen LogP contribution in [-0.4, -0.2) is 40.3 Å². The van der Waals surface area contributed by atoms with Gasteiger partial charge in [-0.15, -0.1) is 0 Å². The van der Waals surface area contributed by atoms with Gasteiger partial charge in [-0.1, -0.05) is 12.1 Å². The standard InChI is InChI=1S/C19H21FN2O5S/c1-13(14-3-5-15(20)6-4-14)21-19(23)12-22(28(2,24)25)16-7-8-17-18(11-16)27-10-9-26-17/h3-8,11,13H,9-10,12H2,1-2H3,(H,21,23)/t13-/m1/s1. The van der Waals surface area contributed by atoms with E-state index in [4.69, 9.17) is 9.47 Å². The number of carbonyl (C=O) groups is 1. The second kappa shape index (κ2) is 8.05. The molecule has 3 rings (SSSR count).